The highest BCUT2D eigenvalue weighted by Gasteiger charge is 2.33. The number of hydrogen-bond donors (Lipinski definition) is 2. The quantitative estimate of drug-likeness (QED) is 0.828. The number of ether oxygens (including phenoxy) is 3. The monoisotopic (exact) mass is 362 g/mol. The van der Waals surface area contributed by atoms with Gasteiger partial charge in [-0.3, -0.25) is 9.69 Å². The number of carbonyl (C=O) groups excluding carboxylic acids is 1. The first kappa shape index (κ1) is 17.7. The Morgan fingerprint density at radius 3 is 2.77 bits per heavy atom. The summed E-state index contributed by atoms with van der Waals surface area (Å²) in [5.74, 6) is 0.723. The van der Waals surface area contributed by atoms with Gasteiger partial charge in [-0.1, -0.05) is 6.07 Å². The molecule has 4 rings (SSSR count). The predicted octanol–water partition coefficient (Wildman–Crippen LogP) is 0.801. The largest absolute Gasteiger partial charge is 0.488 e. The molecule has 0 radical (unpaired) electrons. The number of nitrogens with zero attached hydrogens (tertiary/aromatic N) is 1. The average Bonchev–Trinajstić information content (AvgIpc) is 2.92. The summed E-state index contributed by atoms with van der Waals surface area (Å²) in [5, 5.41) is 13.5. The van der Waals surface area contributed by atoms with Crippen LogP contribution in [0.25, 0.3) is 0 Å². The van der Waals surface area contributed by atoms with Gasteiger partial charge in [-0.15, -0.1) is 0 Å². The van der Waals surface area contributed by atoms with E-state index in [2.05, 4.69) is 10.2 Å². The molecule has 0 spiro atoms. The number of likely N-dealkylation sites (tertiary alicyclic amines) is 1. The molecule has 7 heteroatoms. The number of β-amino-alcohol motifs (C(OH)–C–C–N with tert-alkyl or cyclic N) is 1. The minimum Gasteiger partial charge on any atom is -0.488 e. The molecule has 0 unspecified atom stereocenters. The van der Waals surface area contributed by atoms with Crippen molar-refractivity contribution in [1.82, 2.24) is 4.90 Å². The molecule has 2 saturated heterocycles. The Kier molecular flexibility index (Phi) is 5.40. The molecule has 0 aromatic heterocycles. The van der Waals surface area contributed by atoms with Gasteiger partial charge >= 0.3 is 0 Å². The molecule has 26 heavy (non-hydrogen) atoms. The fraction of sp³-hybridized carbons (Fsp3) is 0.632. The van der Waals surface area contributed by atoms with E-state index in [-0.39, 0.29) is 18.1 Å². The van der Waals surface area contributed by atoms with Crippen molar-refractivity contribution in [2.75, 3.05) is 44.8 Å². The van der Waals surface area contributed by atoms with Gasteiger partial charge in [0.05, 0.1) is 32.5 Å². The number of fused-ring (bicyclic) bond motifs is 1. The van der Waals surface area contributed by atoms with E-state index < -0.39 is 6.10 Å². The zero-order chi connectivity index (χ0) is 17.9. The molecule has 142 valence electrons. The topological polar surface area (TPSA) is 80.3 Å². The molecule has 3 aliphatic rings. The summed E-state index contributed by atoms with van der Waals surface area (Å²) in [6, 6.07) is 5.96. The molecule has 7 nitrogen and oxygen atoms in total. The van der Waals surface area contributed by atoms with Crippen LogP contribution < -0.4 is 10.1 Å². The zero-order valence-corrected chi connectivity index (χ0v) is 14.9. The maximum Gasteiger partial charge on any atom is 0.224 e. The van der Waals surface area contributed by atoms with Gasteiger partial charge in [0.25, 0.3) is 0 Å². The number of benzene rings is 1. The van der Waals surface area contributed by atoms with Crippen molar-refractivity contribution in [1.29, 1.82) is 0 Å². The van der Waals surface area contributed by atoms with E-state index in [4.69, 9.17) is 14.2 Å². The summed E-state index contributed by atoms with van der Waals surface area (Å²) >= 11 is 0. The number of aryl methyl sites for hydroxylation is 1. The third kappa shape index (κ3) is 4.01. The Bertz CT molecular complexity index is 645. The summed E-state index contributed by atoms with van der Waals surface area (Å²) < 4.78 is 17.2. The molecule has 0 bridgehead atoms. The van der Waals surface area contributed by atoms with E-state index in [1.54, 1.807) is 0 Å². The number of aliphatic hydroxyl groups excluding tert-OH is 1. The van der Waals surface area contributed by atoms with E-state index >= 15 is 0 Å². The number of nitrogens with one attached hydrogen (secondary N) is 1. The van der Waals surface area contributed by atoms with Crippen LogP contribution in [0.3, 0.4) is 0 Å². The summed E-state index contributed by atoms with van der Waals surface area (Å²) in [5.41, 5.74) is 1.94. The Hall–Kier alpha value is -1.67. The molecule has 0 aliphatic carbocycles. The van der Waals surface area contributed by atoms with Gasteiger partial charge in [0.2, 0.25) is 5.91 Å². The predicted molar refractivity (Wildman–Crippen MR) is 95.4 cm³/mol. The molecule has 2 fully saturated rings. The minimum atomic E-state index is -0.572. The summed E-state index contributed by atoms with van der Waals surface area (Å²) in [4.78, 5) is 13.8. The first-order valence-corrected chi connectivity index (χ1v) is 9.36. The summed E-state index contributed by atoms with van der Waals surface area (Å²) in [6.07, 6.45) is 1.20. The highest BCUT2D eigenvalue weighted by molar-refractivity contribution is 5.94. The average molecular weight is 362 g/mol. The molecule has 2 N–H and O–H groups in total. The van der Waals surface area contributed by atoms with Crippen molar-refractivity contribution in [3.8, 4) is 5.75 Å². The maximum absolute atomic E-state index is 11.6. The van der Waals surface area contributed by atoms with Crippen molar-refractivity contribution >= 4 is 11.6 Å². The highest BCUT2D eigenvalue weighted by atomic mass is 16.5. The SMILES string of the molecule is O=C1CCc2ccc(O[C@@H]3CCN(C4COCCOC4)C[C@H]3O)cc2N1. The van der Waals surface area contributed by atoms with Crippen LogP contribution in [0, 0.1) is 0 Å². The van der Waals surface area contributed by atoms with E-state index in [0.717, 1.165) is 30.6 Å². The lowest BCUT2D eigenvalue weighted by molar-refractivity contribution is -0.116. The first-order chi connectivity index (χ1) is 12.7. The Morgan fingerprint density at radius 1 is 1.19 bits per heavy atom. The van der Waals surface area contributed by atoms with Gasteiger partial charge in [-0.25, -0.2) is 0 Å². The Labute approximate surface area is 153 Å². The number of aliphatic hydroxyl groups is 1. The van der Waals surface area contributed by atoms with E-state index in [9.17, 15) is 9.90 Å². The summed E-state index contributed by atoms with van der Waals surface area (Å²) in [7, 11) is 0. The van der Waals surface area contributed by atoms with Crippen molar-refractivity contribution in [2.45, 2.75) is 37.5 Å². The fourth-order valence-corrected chi connectivity index (χ4v) is 3.82. The van der Waals surface area contributed by atoms with Crippen LogP contribution in [0.15, 0.2) is 18.2 Å². The number of amides is 1. The molecule has 1 aromatic carbocycles. The lowest BCUT2D eigenvalue weighted by atomic mass is 10.0. The normalized spacial score (nSPS) is 28.1. The third-order valence-electron chi connectivity index (χ3n) is 5.32. The first-order valence-electron chi connectivity index (χ1n) is 9.36. The smallest absolute Gasteiger partial charge is 0.224 e. The Morgan fingerprint density at radius 2 is 2.00 bits per heavy atom. The second kappa shape index (κ2) is 7.92. The van der Waals surface area contributed by atoms with Gasteiger partial charge in [0, 0.05) is 31.3 Å². The van der Waals surface area contributed by atoms with E-state index in [0.29, 0.717) is 45.1 Å². The Balaban J connectivity index is 1.36. The molecular weight excluding hydrogens is 336 g/mol. The van der Waals surface area contributed by atoms with Gasteiger partial charge in [-0.05, 0) is 24.5 Å². The second-order valence-electron chi connectivity index (χ2n) is 7.18. The molecule has 3 aliphatic heterocycles. The minimum absolute atomic E-state index is 0.0378. The van der Waals surface area contributed by atoms with Gasteiger partial charge in [0.15, 0.2) is 0 Å². The van der Waals surface area contributed by atoms with Crippen LogP contribution in [0.5, 0.6) is 5.75 Å². The molecule has 3 heterocycles. The molecule has 1 amide bonds. The maximum atomic E-state index is 11.6. The molecule has 0 saturated carbocycles. The molecule has 2 atom stereocenters. The number of anilines is 1. The lowest BCUT2D eigenvalue weighted by Crippen LogP contribution is -2.54. The standard InChI is InChI=1S/C19H26N2O5/c22-17-10-21(14-11-24-7-8-25-12-14)6-5-18(17)26-15-3-1-13-2-4-19(23)20-16(13)9-15/h1,3,9,14,17-18,22H,2,4-8,10-12H2,(H,20,23)/t17-,18-/m1/s1. The van der Waals surface area contributed by atoms with Gasteiger partial charge < -0.3 is 24.6 Å². The van der Waals surface area contributed by atoms with E-state index in [1.165, 1.54) is 0 Å². The van der Waals surface area contributed by atoms with Crippen LogP contribution in [-0.2, 0) is 20.7 Å². The van der Waals surface area contributed by atoms with Crippen molar-refractivity contribution in [3.05, 3.63) is 23.8 Å². The second-order valence-corrected chi connectivity index (χ2v) is 7.18. The van der Waals surface area contributed by atoms with Crippen LogP contribution in [0.2, 0.25) is 0 Å². The highest BCUT2D eigenvalue weighted by Crippen LogP contribution is 2.29. The number of carbonyl (C=O) groups is 1. The molecule has 1 aromatic rings. The van der Waals surface area contributed by atoms with Crippen LogP contribution in [0.1, 0.15) is 18.4 Å². The van der Waals surface area contributed by atoms with Crippen molar-refractivity contribution in [2.24, 2.45) is 0 Å². The van der Waals surface area contributed by atoms with Gasteiger partial charge in [-0.2, -0.15) is 0 Å². The fourth-order valence-electron chi connectivity index (χ4n) is 3.82. The third-order valence-corrected chi connectivity index (χ3v) is 5.32. The molecular formula is C19H26N2O5. The van der Waals surface area contributed by atoms with E-state index in [1.807, 2.05) is 18.2 Å². The lowest BCUT2D eigenvalue weighted by Gasteiger charge is -2.39. The number of hydrogen-bond acceptors (Lipinski definition) is 6. The number of rotatable bonds is 3. The zero-order valence-electron chi connectivity index (χ0n) is 14.9. The van der Waals surface area contributed by atoms with Crippen molar-refractivity contribution < 1.29 is 24.1 Å². The summed E-state index contributed by atoms with van der Waals surface area (Å²) in [6.45, 7) is 3.93. The van der Waals surface area contributed by atoms with Gasteiger partial charge in [0.1, 0.15) is 18.0 Å². The van der Waals surface area contributed by atoms with Crippen LogP contribution >= 0.6 is 0 Å². The van der Waals surface area contributed by atoms with Crippen LogP contribution in [-0.4, -0.2) is 73.7 Å². The van der Waals surface area contributed by atoms with Crippen molar-refractivity contribution in [3.63, 3.8) is 0 Å². The van der Waals surface area contributed by atoms with Crippen LogP contribution in [0.4, 0.5) is 5.69 Å². The number of piperidine rings is 1.